The molecule has 0 unspecified atom stereocenters. The Bertz CT molecular complexity index is 712. The third-order valence-corrected chi connectivity index (χ3v) is 5.70. The molecule has 2 rings (SSSR count). The lowest BCUT2D eigenvalue weighted by molar-refractivity contribution is -0.143. The quantitative estimate of drug-likeness (QED) is 0.524. The molecular weight excluding hydrogens is 436 g/mol. The Morgan fingerprint density at radius 2 is 1.56 bits per heavy atom. The van der Waals surface area contributed by atoms with Crippen LogP contribution in [0.5, 0.6) is 0 Å². The van der Waals surface area contributed by atoms with Gasteiger partial charge in [0.15, 0.2) is 0 Å². The molecule has 1 heterocycles. The lowest BCUT2D eigenvalue weighted by Gasteiger charge is -2.32. The molecule has 0 bridgehead atoms. The van der Waals surface area contributed by atoms with Gasteiger partial charge in [-0.2, -0.15) is 26.3 Å². The lowest BCUT2D eigenvalue weighted by atomic mass is 10.0. The summed E-state index contributed by atoms with van der Waals surface area (Å²) in [6.45, 7) is 7.49. The molecule has 0 spiro atoms. The topological polar surface area (TPSA) is 35.6 Å². The van der Waals surface area contributed by atoms with Crippen LogP contribution in [0.15, 0.2) is 18.2 Å². The van der Waals surface area contributed by atoms with Crippen LogP contribution in [0, 0.1) is 0 Å². The predicted octanol–water partition coefficient (Wildman–Crippen LogP) is 4.93. The molecule has 1 atom stereocenters. The maximum atomic E-state index is 13.0. The van der Waals surface area contributed by atoms with Gasteiger partial charge in [-0.1, -0.05) is 13.3 Å². The first-order chi connectivity index (χ1) is 14.9. The Balaban J connectivity index is 2.03. The minimum absolute atomic E-state index is 0.0809. The van der Waals surface area contributed by atoms with Crippen LogP contribution in [0.25, 0.3) is 0 Å². The van der Waals surface area contributed by atoms with Crippen LogP contribution in [-0.2, 0) is 23.7 Å². The Labute approximate surface area is 184 Å². The minimum atomic E-state index is -4.92. The Hall–Kier alpha value is -1.81. The van der Waals surface area contributed by atoms with Gasteiger partial charge in [0.2, 0.25) is 5.91 Å². The Morgan fingerprint density at radius 3 is 2.06 bits per heavy atom. The van der Waals surface area contributed by atoms with Crippen molar-refractivity contribution in [1.29, 1.82) is 0 Å². The third-order valence-electron chi connectivity index (χ3n) is 5.70. The van der Waals surface area contributed by atoms with E-state index in [0.29, 0.717) is 25.2 Å². The van der Waals surface area contributed by atoms with E-state index < -0.39 is 42.0 Å². The summed E-state index contributed by atoms with van der Waals surface area (Å²) in [4.78, 5) is 17.0. The zero-order chi connectivity index (χ0) is 23.9. The monoisotopic (exact) mass is 467 g/mol. The van der Waals surface area contributed by atoms with Gasteiger partial charge in [-0.25, -0.2) is 0 Å². The van der Waals surface area contributed by atoms with Crippen LogP contribution in [-0.4, -0.2) is 54.5 Å². The second-order valence-electron chi connectivity index (χ2n) is 8.25. The number of likely N-dealkylation sites (tertiary alicyclic amines) is 1. The van der Waals surface area contributed by atoms with Crippen molar-refractivity contribution in [3.05, 3.63) is 34.9 Å². The maximum absolute atomic E-state index is 13.0. The molecule has 0 aliphatic carbocycles. The lowest BCUT2D eigenvalue weighted by Crippen LogP contribution is -2.48. The van der Waals surface area contributed by atoms with E-state index in [1.807, 2.05) is 11.8 Å². The zero-order valence-corrected chi connectivity index (χ0v) is 18.5. The molecule has 1 saturated heterocycles. The Kier molecular flexibility index (Phi) is 9.39. The molecule has 1 aromatic rings. The number of carbonyl (C=O) groups excluding carboxylic acids is 1. The molecule has 10 heteroatoms. The first-order valence-electron chi connectivity index (χ1n) is 10.9. The SMILES string of the molecule is CCCN(CCN1CCCCC1)[C@@H](C)C(=O)NCc1cc(C(F)(F)F)cc(C(F)(F)F)c1. The number of piperidine rings is 1. The number of benzene rings is 1. The summed E-state index contributed by atoms with van der Waals surface area (Å²) in [6.07, 6.45) is -5.49. The second-order valence-corrected chi connectivity index (χ2v) is 8.25. The molecule has 1 aromatic carbocycles. The van der Waals surface area contributed by atoms with Crippen LogP contribution < -0.4 is 5.32 Å². The number of halogens is 6. The molecule has 182 valence electrons. The number of hydrogen-bond donors (Lipinski definition) is 1. The normalized spacial score (nSPS) is 16.9. The molecule has 4 nitrogen and oxygen atoms in total. The second kappa shape index (κ2) is 11.4. The summed E-state index contributed by atoms with van der Waals surface area (Å²) < 4.78 is 78.2. The number of hydrogen-bond acceptors (Lipinski definition) is 3. The molecule has 0 saturated carbocycles. The molecule has 1 aliphatic rings. The van der Waals surface area contributed by atoms with Crippen LogP contribution in [0.1, 0.15) is 56.2 Å². The van der Waals surface area contributed by atoms with E-state index >= 15 is 0 Å². The van der Waals surface area contributed by atoms with Gasteiger partial charge in [0.05, 0.1) is 17.2 Å². The number of carbonyl (C=O) groups is 1. The molecule has 1 fully saturated rings. The fourth-order valence-corrected chi connectivity index (χ4v) is 3.86. The summed E-state index contributed by atoms with van der Waals surface area (Å²) in [5.41, 5.74) is -3.03. The number of nitrogens with one attached hydrogen (secondary N) is 1. The predicted molar refractivity (Wildman–Crippen MR) is 110 cm³/mol. The van der Waals surface area contributed by atoms with Gasteiger partial charge in [0.25, 0.3) is 0 Å². The molecule has 1 amide bonds. The highest BCUT2D eigenvalue weighted by atomic mass is 19.4. The average Bonchev–Trinajstić information content (AvgIpc) is 2.73. The fraction of sp³-hybridized carbons (Fsp3) is 0.682. The van der Waals surface area contributed by atoms with Crippen molar-refractivity contribution in [2.45, 2.75) is 64.5 Å². The largest absolute Gasteiger partial charge is 0.416 e. The summed E-state index contributed by atoms with van der Waals surface area (Å²) in [5, 5.41) is 2.50. The number of amides is 1. The van der Waals surface area contributed by atoms with Gasteiger partial charge >= 0.3 is 12.4 Å². The van der Waals surface area contributed by atoms with E-state index in [4.69, 9.17) is 0 Å². The van der Waals surface area contributed by atoms with Crippen molar-refractivity contribution in [2.24, 2.45) is 0 Å². The van der Waals surface area contributed by atoms with Crippen molar-refractivity contribution >= 4 is 5.91 Å². The summed E-state index contributed by atoms with van der Waals surface area (Å²) in [6, 6.07) is 0.811. The maximum Gasteiger partial charge on any atom is 0.416 e. The van der Waals surface area contributed by atoms with Gasteiger partial charge in [-0.3, -0.25) is 9.69 Å². The van der Waals surface area contributed by atoms with Crippen LogP contribution in [0.3, 0.4) is 0 Å². The highest BCUT2D eigenvalue weighted by Crippen LogP contribution is 2.36. The minimum Gasteiger partial charge on any atom is -0.351 e. The van der Waals surface area contributed by atoms with E-state index in [1.165, 1.54) is 6.42 Å². The van der Waals surface area contributed by atoms with Gasteiger partial charge in [0.1, 0.15) is 0 Å². The summed E-state index contributed by atoms with van der Waals surface area (Å²) in [7, 11) is 0. The number of nitrogens with zero attached hydrogens (tertiary/aromatic N) is 2. The van der Waals surface area contributed by atoms with Crippen LogP contribution in [0.2, 0.25) is 0 Å². The van der Waals surface area contributed by atoms with E-state index in [9.17, 15) is 31.1 Å². The highest BCUT2D eigenvalue weighted by Gasteiger charge is 2.37. The first-order valence-corrected chi connectivity index (χ1v) is 10.9. The number of rotatable bonds is 9. The van der Waals surface area contributed by atoms with Crippen LogP contribution in [0.4, 0.5) is 26.3 Å². The van der Waals surface area contributed by atoms with Crippen molar-refractivity contribution in [2.75, 3.05) is 32.7 Å². The van der Waals surface area contributed by atoms with E-state index in [-0.39, 0.29) is 11.6 Å². The molecule has 0 aromatic heterocycles. The number of alkyl halides is 6. The molecule has 0 radical (unpaired) electrons. The van der Waals surface area contributed by atoms with Crippen molar-refractivity contribution in [1.82, 2.24) is 15.1 Å². The van der Waals surface area contributed by atoms with Gasteiger partial charge in [-0.05, 0) is 69.6 Å². The van der Waals surface area contributed by atoms with E-state index in [2.05, 4.69) is 10.2 Å². The van der Waals surface area contributed by atoms with Crippen molar-refractivity contribution < 1.29 is 31.1 Å². The molecule has 1 N–H and O–H groups in total. The van der Waals surface area contributed by atoms with Crippen molar-refractivity contribution in [3.8, 4) is 0 Å². The Morgan fingerprint density at radius 1 is 1.00 bits per heavy atom. The van der Waals surface area contributed by atoms with E-state index in [0.717, 1.165) is 38.9 Å². The fourth-order valence-electron chi connectivity index (χ4n) is 3.86. The molecule has 1 aliphatic heterocycles. The third kappa shape index (κ3) is 7.95. The van der Waals surface area contributed by atoms with Crippen LogP contribution >= 0.6 is 0 Å². The van der Waals surface area contributed by atoms with Gasteiger partial charge < -0.3 is 10.2 Å². The van der Waals surface area contributed by atoms with E-state index in [1.54, 1.807) is 6.92 Å². The first kappa shape index (κ1) is 26.4. The smallest absolute Gasteiger partial charge is 0.351 e. The standard InChI is InChI=1S/C22H31F6N3O/c1-3-7-31(11-10-30-8-5-4-6-9-30)16(2)20(32)29-15-17-12-18(21(23,24)25)14-19(13-17)22(26,27)28/h12-14,16H,3-11,15H2,1-2H3,(H,29,32)/t16-/m0/s1. The summed E-state index contributed by atoms with van der Waals surface area (Å²) >= 11 is 0. The average molecular weight is 467 g/mol. The highest BCUT2D eigenvalue weighted by molar-refractivity contribution is 5.81. The van der Waals surface area contributed by atoms with Gasteiger partial charge in [0, 0.05) is 19.6 Å². The molecular formula is C22H31F6N3O. The zero-order valence-electron chi connectivity index (χ0n) is 18.5. The summed E-state index contributed by atoms with van der Waals surface area (Å²) in [5.74, 6) is -0.428. The molecule has 32 heavy (non-hydrogen) atoms. The van der Waals surface area contributed by atoms with Crippen molar-refractivity contribution in [3.63, 3.8) is 0 Å². The van der Waals surface area contributed by atoms with Gasteiger partial charge in [-0.15, -0.1) is 0 Å².